The first-order valence-corrected chi connectivity index (χ1v) is 33.2. The molecule has 25 heteroatoms. The van der Waals surface area contributed by atoms with Gasteiger partial charge in [0, 0.05) is 148 Å². The molecule has 0 saturated carbocycles. The number of rotatable bonds is 23. The largest absolute Gasteiger partial charge is 0.493 e. The van der Waals surface area contributed by atoms with Gasteiger partial charge in [0.1, 0.15) is 34.6 Å². The zero-order valence-electron chi connectivity index (χ0n) is 50.7. The highest BCUT2D eigenvalue weighted by Crippen LogP contribution is 2.38. The van der Waals surface area contributed by atoms with Crippen LogP contribution in [0.3, 0.4) is 0 Å². The van der Waals surface area contributed by atoms with Crippen molar-refractivity contribution in [3.8, 4) is 28.4 Å². The van der Waals surface area contributed by atoms with Gasteiger partial charge >= 0.3 is 0 Å². The van der Waals surface area contributed by atoms with Gasteiger partial charge in [-0.25, -0.2) is 18.1 Å². The van der Waals surface area contributed by atoms with Crippen LogP contribution < -0.4 is 35.0 Å². The standard InChI is InChI=1S/C67H72ClN11O12S/c68-47-12-10-45(11-13-47)51-5-4-8-60(90-42-44-21-27-77(28-22-44)63(81)9-1-2-25-69-56-7-3-6-52-54(56)41-78(67(52)84)58-18-19-62(80)73-66(58)83)55(51)40-75-29-31-76(32-30-75)48-14-16-53(61(36-48)91-49-35-46-20-26-70-64(46)72-39-49)65(82)74-92(87,88)50-15-17-57(59(37-50)79(85)86)71-38-43-23-33-89-34-24-43/h3-8,10-17,20,26,35-37,39,43-44,58,69,71H,1-2,9,18-19,21-25,27-34,38,40-42H2,(H,70,72)(H,74,82)(H,73,80,83). The number of hydrogen-bond donors (Lipinski definition) is 5. The molecule has 0 radical (unpaired) electrons. The van der Waals surface area contributed by atoms with Crippen LogP contribution in [0, 0.1) is 22.0 Å². The van der Waals surface area contributed by atoms with Crippen LogP contribution in [-0.2, 0) is 42.2 Å². The van der Waals surface area contributed by atoms with Gasteiger partial charge in [-0.3, -0.25) is 44.3 Å². The van der Waals surface area contributed by atoms with Crippen LogP contribution in [0.5, 0.6) is 17.2 Å². The van der Waals surface area contributed by atoms with Crippen molar-refractivity contribution in [2.24, 2.45) is 11.8 Å². The van der Waals surface area contributed by atoms with Crippen molar-refractivity contribution in [1.82, 2.24) is 34.7 Å². The highest BCUT2D eigenvalue weighted by atomic mass is 35.5. The number of H-pyrrole nitrogens is 1. The fourth-order valence-corrected chi connectivity index (χ4v) is 13.9. The molecule has 2 aromatic heterocycles. The number of carbonyl (C=O) groups is 5. The van der Waals surface area contributed by atoms with E-state index in [9.17, 15) is 42.5 Å². The number of piperidine rings is 2. The van der Waals surface area contributed by atoms with Gasteiger partial charge in [-0.15, -0.1) is 0 Å². The summed E-state index contributed by atoms with van der Waals surface area (Å²) >= 11 is 6.38. The van der Waals surface area contributed by atoms with Crippen molar-refractivity contribution < 1.29 is 51.5 Å². The Bertz CT molecular complexity index is 4030. The minimum absolute atomic E-state index is 0.0712. The average molecular weight is 1290 g/mol. The predicted octanol–water partition coefficient (Wildman–Crippen LogP) is 9.52. The molecule has 5 N–H and O–H groups in total. The number of sulfonamides is 1. The zero-order valence-corrected chi connectivity index (χ0v) is 52.3. The van der Waals surface area contributed by atoms with Crippen LogP contribution in [0.1, 0.15) is 89.6 Å². The van der Waals surface area contributed by atoms with Gasteiger partial charge in [-0.2, -0.15) is 0 Å². The number of aromatic nitrogens is 2. The van der Waals surface area contributed by atoms with Gasteiger partial charge < -0.3 is 44.5 Å². The number of aromatic amines is 1. The molecule has 5 amide bonds. The van der Waals surface area contributed by atoms with Crippen molar-refractivity contribution >= 4 is 84.9 Å². The summed E-state index contributed by atoms with van der Waals surface area (Å²) < 4.78 is 48.5. The third-order valence-corrected chi connectivity index (χ3v) is 19.6. The van der Waals surface area contributed by atoms with E-state index in [1.807, 2.05) is 59.5 Å². The van der Waals surface area contributed by atoms with Crippen LogP contribution in [-0.4, -0.2) is 146 Å². The smallest absolute Gasteiger partial charge is 0.293 e. The first-order chi connectivity index (χ1) is 44.6. The number of benzene rings is 5. The molecule has 4 saturated heterocycles. The summed E-state index contributed by atoms with van der Waals surface area (Å²) in [5.74, 6) is -0.215. The molecule has 7 aromatic rings. The Balaban J connectivity index is 0.661. The number of nitrogens with zero attached hydrogens (tertiary/aromatic N) is 6. The van der Waals surface area contributed by atoms with Crippen molar-refractivity contribution in [1.29, 1.82) is 0 Å². The number of ether oxygens (including phenoxy) is 3. The molecule has 0 bridgehead atoms. The molecule has 7 heterocycles. The van der Waals surface area contributed by atoms with E-state index in [2.05, 4.69) is 46.5 Å². The third kappa shape index (κ3) is 14.6. The lowest BCUT2D eigenvalue weighted by Crippen LogP contribution is -2.52. The van der Waals surface area contributed by atoms with Gasteiger partial charge in [-0.05, 0) is 135 Å². The van der Waals surface area contributed by atoms with Crippen LogP contribution >= 0.6 is 11.6 Å². The number of nitro benzene ring substituents is 1. The number of nitro groups is 1. The van der Waals surface area contributed by atoms with E-state index in [1.54, 1.807) is 35.4 Å². The second-order valence-electron chi connectivity index (χ2n) is 24.0. The molecule has 5 aliphatic heterocycles. The van der Waals surface area contributed by atoms with Crippen molar-refractivity contribution in [3.05, 3.63) is 159 Å². The van der Waals surface area contributed by atoms with Crippen LogP contribution in [0.25, 0.3) is 22.2 Å². The molecular weight excluding hydrogens is 1220 g/mol. The molecule has 12 rings (SSSR count). The Labute approximate surface area is 537 Å². The first-order valence-electron chi connectivity index (χ1n) is 31.3. The molecule has 23 nitrogen and oxygen atoms in total. The molecule has 1 atom stereocenters. The summed E-state index contributed by atoms with van der Waals surface area (Å²) in [7, 11) is -4.63. The van der Waals surface area contributed by atoms with E-state index >= 15 is 0 Å². The number of nitrogens with one attached hydrogen (secondary N) is 5. The fraction of sp³-hybridized carbons (Fsp3) is 0.373. The van der Waals surface area contributed by atoms with Gasteiger partial charge in [0.25, 0.3) is 27.5 Å². The van der Waals surface area contributed by atoms with Crippen molar-refractivity contribution in [2.45, 2.75) is 81.8 Å². The third-order valence-electron chi connectivity index (χ3n) is 18.0. The zero-order chi connectivity index (χ0) is 63.9. The Morgan fingerprint density at radius 3 is 2.37 bits per heavy atom. The Morgan fingerprint density at radius 1 is 0.804 bits per heavy atom. The van der Waals surface area contributed by atoms with Gasteiger partial charge in [0.15, 0.2) is 0 Å². The summed E-state index contributed by atoms with van der Waals surface area (Å²) in [6.07, 6.45) is 8.83. The van der Waals surface area contributed by atoms with Crippen LogP contribution in [0.15, 0.2) is 126 Å². The van der Waals surface area contributed by atoms with E-state index in [4.69, 9.17) is 25.8 Å². The lowest BCUT2D eigenvalue weighted by atomic mass is 9.96. The molecule has 92 heavy (non-hydrogen) atoms. The second-order valence-corrected chi connectivity index (χ2v) is 26.1. The number of pyridine rings is 1. The number of carbonyl (C=O) groups excluding carboxylic acids is 5. The summed E-state index contributed by atoms with van der Waals surface area (Å²) in [5.41, 5.74) is 6.26. The molecule has 1 unspecified atom stereocenters. The van der Waals surface area contributed by atoms with E-state index in [-0.39, 0.29) is 59.5 Å². The Morgan fingerprint density at radius 2 is 1.59 bits per heavy atom. The molecular formula is C67H72ClN11O12S. The molecule has 0 spiro atoms. The minimum Gasteiger partial charge on any atom is -0.493 e. The van der Waals surface area contributed by atoms with Crippen molar-refractivity contribution in [3.63, 3.8) is 0 Å². The summed E-state index contributed by atoms with van der Waals surface area (Å²) in [5, 5.41) is 22.5. The summed E-state index contributed by atoms with van der Waals surface area (Å²) in [4.78, 5) is 91.9. The van der Waals surface area contributed by atoms with Gasteiger partial charge in [0.2, 0.25) is 17.7 Å². The number of anilines is 3. The van der Waals surface area contributed by atoms with Crippen molar-refractivity contribution in [2.75, 3.05) is 87.7 Å². The Kier molecular flexibility index (Phi) is 19.3. The fourth-order valence-electron chi connectivity index (χ4n) is 12.7. The number of imide groups is 1. The Hall–Kier alpha value is -9.10. The topological polar surface area (TPSA) is 280 Å². The summed E-state index contributed by atoms with van der Waals surface area (Å²) in [6.45, 7) is 7.41. The first kappa shape index (κ1) is 63.1. The molecule has 0 aliphatic carbocycles. The number of likely N-dealkylation sites (tertiary alicyclic amines) is 1. The maximum atomic E-state index is 14.2. The summed E-state index contributed by atoms with van der Waals surface area (Å²) in [6, 6.07) is 30.8. The second kappa shape index (κ2) is 28.2. The van der Waals surface area contributed by atoms with E-state index in [0.29, 0.717) is 120 Å². The molecule has 4 fully saturated rings. The normalized spacial score (nSPS) is 17.6. The van der Waals surface area contributed by atoms with E-state index in [1.165, 1.54) is 24.4 Å². The maximum absolute atomic E-state index is 14.2. The molecule has 5 aliphatic rings. The number of unbranched alkanes of at least 4 members (excludes halogenated alkanes) is 1. The minimum atomic E-state index is -4.63. The molecule has 480 valence electrons. The predicted molar refractivity (Wildman–Crippen MR) is 346 cm³/mol. The lowest BCUT2D eigenvalue weighted by Gasteiger charge is -2.37. The van der Waals surface area contributed by atoms with Crippen LogP contribution in [0.4, 0.5) is 22.7 Å². The van der Waals surface area contributed by atoms with E-state index in [0.717, 1.165) is 82.9 Å². The van der Waals surface area contributed by atoms with E-state index < -0.39 is 43.4 Å². The average Bonchev–Trinajstić information content (AvgIpc) is 1.80. The monoisotopic (exact) mass is 1290 g/mol. The quantitative estimate of drug-likeness (QED) is 0.0172. The number of hydrogen-bond acceptors (Lipinski definition) is 17. The maximum Gasteiger partial charge on any atom is 0.293 e. The van der Waals surface area contributed by atoms with Gasteiger partial charge in [-0.1, -0.05) is 41.9 Å². The highest BCUT2D eigenvalue weighted by Gasteiger charge is 2.40. The number of piperazine rings is 1. The number of halogens is 1. The lowest BCUT2D eigenvalue weighted by molar-refractivity contribution is -0.384. The highest BCUT2D eigenvalue weighted by molar-refractivity contribution is 7.90. The number of amides is 5. The van der Waals surface area contributed by atoms with Gasteiger partial charge in [0.05, 0.1) is 28.2 Å². The SMILES string of the molecule is O=C1CCC(N2Cc3c(NCCCCC(=O)N4CCC(COc5cccc(-c6ccc(Cl)cc6)c5CN5CCN(c6ccc(C(=O)NS(=O)(=O)c7ccc(NCC8CCOCC8)c([N+](=O)[O-])c7)c(Oc7cnc8[nH]ccc8c7)c6)CC5)CC4)cccc3C2=O)C(=O)N1. The molecule has 5 aromatic carbocycles. The number of fused-ring (bicyclic) bond motifs is 2. The van der Waals surface area contributed by atoms with Crippen LogP contribution in [0.2, 0.25) is 5.02 Å².